The van der Waals surface area contributed by atoms with E-state index in [0.717, 1.165) is 14.5 Å². The van der Waals surface area contributed by atoms with Crippen molar-refractivity contribution < 1.29 is 0 Å². The Morgan fingerprint density at radius 3 is 2.16 bits per heavy atom. The van der Waals surface area contributed by atoms with Gasteiger partial charge in [-0.1, -0.05) is 72.7 Å². The van der Waals surface area contributed by atoms with Crippen LogP contribution in [0.4, 0.5) is 5.69 Å². The highest BCUT2D eigenvalue weighted by Gasteiger charge is 2.08. The van der Waals surface area contributed by atoms with E-state index in [2.05, 4.69) is 37.2 Å². The van der Waals surface area contributed by atoms with Crippen LogP contribution < -0.4 is 5.32 Å². The molecule has 0 amide bonds. The summed E-state index contributed by atoms with van der Waals surface area (Å²) in [5, 5.41) is 5.06. The molecule has 2 rings (SSSR count). The third-order valence-corrected chi connectivity index (χ3v) is 4.50. The van der Waals surface area contributed by atoms with E-state index in [1.807, 2.05) is 18.2 Å². The maximum absolute atomic E-state index is 6.16. The van der Waals surface area contributed by atoms with E-state index in [9.17, 15) is 0 Å². The fraction of sp³-hybridized carbons (Fsp3) is 0.0769. The molecule has 0 atom stereocenters. The lowest BCUT2D eigenvalue weighted by atomic mass is 10.2. The molecule has 0 aliphatic heterocycles. The van der Waals surface area contributed by atoms with Gasteiger partial charge in [0, 0.05) is 20.5 Å². The Kier molecular flexibility index (Phi) is 5.44. The van der Waals surface area contributed by atoms with E-state index < -0.39 is 0 Å². The van der Waals surface area contributed by atoms with E-state index in [-0.39, 0.29) is 0 Å². The van der Waals surface area contributed by atoms with Crippen LogP contribution in [0, 0.1) is 0 Å². The predicted octanol–water partition coefficient (Wildman–Crippen LogP) is 6.78. The van der Waals surface area contributed by atoms with Crippen molar-refractivity contribution in [2.24, 2.45) is 0 Å². The first-order chi connectivity index (χ1) is 8.97. The zero-order chi connectivity index (χ0) is 14.0. The highest BCUT2D eigenvalue weighted by Crippen LogP contribution is 2.34. The Balaban J connectivity index is 2.19. The molecule has 0 unspecified atom stereocenters. The molecule has 0 bridgehead atoms. The average Bonchev–Trinajstić information content (AvgIpc) is 2.30. The summed E-state index contributed by atoms with van der Waals surface area (Å²) in [6.45, 7) is 0.596. The molecule has 0 heterocycles. The lowest BCUT2D eigenvalue weighted by molar-refractivity contribution is 1.14. The molecule has 0 radical (unpaired) electrons. The van der Waals surface area contributed by atoms with Gasteiger partial charge in [-0.15, -0.1) is 0 Å². The number of hydrogen-bond donors (Lipinski definition) is 1. The van der Waals surface area contributed by atoms with Crippen LogP contribution in [0.5, 0.6) is 0 Å². The molecule has 0 spiro atoms. The summed E-state index contributed by atoms with van der Waals surface area (Å²) in [5.74, 6) is 0. The SMILES string of the molecule is Clc1ccc(CNc2c(Cl)cc(Br)cc2Cl)c(Br)c1. The summed E-state index contributed by atoms with van der Waals surface area (Å²) < 4.78 is 1.79. The fourth-order valence-electron chi connectivity index (χ4n) is 1.56. The Hall–Kier alpha value is 0.0700. The molecule has 0 aliphatic rings. The van der Waals surface area contributed by atoms with Crippen molar-refractivity contribution in [2.45, 2.75) is 6.54 Å². The van der Waals surface area contributed by atoms with Gasteiger partial charge in [-0.2, -0.15) is 0 Å². The quantitative estimate of drug-likeness (QED) is 0.550. The van der Waals surface area contributed by atoms with Gasteiger partial charge in [-0.3, -0.25) is 0 Å². The standard InChI is InChI=1S/C13H8Br2Cl3N/c14-8-3-11(17)13(12(18)4-8)19-6-7-1-2-9(16)5-10(7)15/h1-5,19H,6H2. The van der Waals surface area contributed by atoms with E-state index in [4.69, 9.17) is 34.8 Å². The van der Waals surface area contributed by atoms with Gasteiger partial charge in [0.25, 0.3) is 0 Å². The molecule has 6 heteroatoms. The lowest BCUT2D eigenvalue weighted by Crippen LogP contribution is -2.01. The van der Waals surface area contributed by atoms with Gasteiger partial charge >= 0.3 is 0 Å². The minimum absolute atomic E-state index is 0.574. The minimum Gasteiger partial charge on any atom is -0.379 e. The average molecular weight is 444 g/mol. The molecule has 0 aliphatic carbocycles. The summed E-state index contributed by atoms with van der Waals surface area (Å²) >= 11 is 25.0. The normalized spacial score (nSPS) is 10.6. The lowest BCUT2D eigenvalue weighted by Gasteiger charge is -2.12. The topological polar surface area (TPSA) is 12.0 Å². The van der Waals surface area contributed by atoms with Crippen LogP contribution in [0.15, 0.2) is 39.3 Å². The number of anilines is 1. The number of rotatable bonds is 3. The highest BCUT2D eigenvalue weighted by molar-refractivity contribution is 9.10. The number of benzene rings is 2. The second-order valence-electron chi connectivity index (χ2n) is 3.83. The van der Waals surface area contributed by atoms with Crippen LogP contribution in [0.25, 0.3) is 0 Å². The zero-order valence-electron chi connectivity index (χ0n) is 9.48. The Morgan fingerprint density at radius 2 is 1.58 bits per heavy atom. The maximum atomic E-state index is 6.16. The first kappa shape index (κ1) is 15.5. The second-order valence-corrected chi connectivity index (χ2v) is 6.85. The van der Waals surface area contributed by atoms with Gasteiger partial charge in [0.2, 0.25) is 0 Å². The van der Waals surface area contributed by atoms with E-state index in [0.29, 0.717) is 27.3 Å². The number of hydrogen-bond acceptors (Lipinski definition) is 1. The van der Waals surface area contributed by atoms with Crippen molar-refractivity contribution in [3.8, 4) is 0 Å². The van der Waals surface area contributed by atoms with Crippen LogP contribution in [0.3, 0.4) is 0 Å². The smallest absolute Gasteiger partial charge is 0.0722 e. The predicted molar refractivity (Wildman–Crippen MR) is 90.6 cm³/mol. The van der Waals surface area contributed by atoms with Crippen molar-refractivity contribution in [1.29, 1.82) is 0 Å². The van der Waals surface area contributed by atoms with Gasteiger partial charge in [-0.25, -0.2) is 0 Å². The first-order valence-electron chi connectivity index (χ1n) is 5.29. The Labute approximate surface area is 143 Å². The van der Waals surface area contributed by atoms with Gasteiger partial charge in [0.1, 0.15) is 0 Å². The molecular formula is C13H8Br2Cl3N. The number of halogens is 5. The molecule has 1 nitrogen and oxygen atoms in total. The molecule has 2 aromatic carbocycles. The third kappa shape index (κ3) is 4.02. The molecular weight excluding hydrogens is 436 g/mol. The van der Waals surface area contributed by atoms with Crippen molar-refractivity contribution in [2.75, 3.05) is 5.32 Å². The van der Waals surface area contributed by atoms with E-state index in [1.54, 1.807) is 12.1 Å². The van der Waals surface area contributed by atoms with Crippen molar-refractivity contribution in [3.63, 3.8) is 0 Å². The van der Waals surface area contributed by atoms with Crippen molar-refractivity contribution in [1.82, 2.24) is 0 Å². The van der Waals surface area contributed by atoms with E-state index in [1.165, 1.54) is 0 Å². The third-order valence-electron chi connectivity index (χ3n) is 2.48. The zero-order valence-corrected chi connectivity index (χ0v) is 14.9. The van der Waals surface area contributed by atoms with Crippen LogP contribution in [0.1, 0.15) is 5.56 Å². The second kappa shape index (κ2) is 6.68. The Bertz CT molecular complexity index is 594. The summed E-state index contributed by atoms with van der Waals surface area (Å²) in [6, 6.07) is 9.23. The maximum Gasteiger partial charge on any atom is 0.0722 e. The van der Waals surface area contributed by atoms with Crippen LogP contribution >= 0.6 is 66.7 Å². The van der Waals surface area contributed by atoms with Crippen LogP contribution in [-0.2, 0) is 6.54 Å². The van der Waals surface area contributed by atoms with Crippen molar-refractivity contribution in [3.05, 3.63) is 59.9 Å². The molecule has 1 N–H and O–H groups in total. The van der Waals surface area contributed by atoms with Gasteiger partial charge < -0.3 is 5.32 Å². The van der Waals surface area contributed by atoms with Crippen molar-refractivity contribution >= 4 is 72.4 Å². The molecule has 100 valence electrons. The molecule has 2 aromatic rings. The monoisotopic (exact) mass is 441 g/mol. The van der Waals surface area contributed by atoms with E-state index >= 15 is 0 Å². The molecule has 0 saturated heterocycles. The highest BCUT2D eigenvalue weighted by atomic mass is 79.9. The van der Waals surface area contributed by atoms with Gasteiger partial charge in [0.05, 0.1) is 15.7 Å². The molecule has 19 heavy (non-hydrogen) atoms. The molecule has 0 saturated carbocycles. The molecule has 0 aromatic heterocycles. The fourth-order valence-corrected chi connectivity index (χ4v) is 3.72. The molecule has 0 fully saturated rings. The summed E-state index contributed by atoms with van der Waals surface area (Å²) in [4.78, 5) is 0. The minimum atomic E-state index is 0.574. The van der Waals surface area contributed by atoms with Gasteiger partial charge in [0.15, 0.2) is 0 Å². The van der Waals surface area contributed by atoms with Crippen LogP contribution in [0.2, 0.25) is 15.1 Å². The van der Waals surface area contributed by atoms with Crippen LogP contribution in [-0.4, -0.2) is 0 Å². The number of nitrogens with one attached hydrogen (secondary N) is 1. The Morgan fingerprint density at radius 1 is 0.947 bits per heavy atom. The summed E-state index contributed by atoms with van der Waals surface area (Å²) in [7, 11) is 0. The van der Waals surface area contributed by atoms with Gasteiger partial charge in [-0.05, 0) is 29.8 Å². The first-order valence-corrected chi connectivity index (χ1v) is 8.01. The summed E-state index contributed by atoms with van der Waals surface area (Å²) in [5.41, 5.74) is 1.79. The largest absolute Gasteiger partial charge is 0.379 e. The summed E-state index contributed by atoms with van der Waals surface area (Å²) in [6.07, 6.45) is 0.